The molecule has 24 heavy (non-hydrogen) atoms. The molecule has 6 nitrogen and oxygen atoms in total. The standard InChI is InChI=1S/C18H30N4O2/c1-21(11-15-5-3-9-23-13-15)17-18(20-8-7-19-17)22(2)12-16-6-4-10-24-14-16/h7-8,15-16H,3-6,9-14H2,1-2H3. The van der Waals surface area contributed by atoms with E-state index in [0.29, 0.717) is 11.8 Å². The van der Waals surface area contributed by atoms with Crippen LogP contribution < -0.4 is 9.80 Å². The molecular weight excluding hydrogens is 304 g/mol. The molecule has 0 amide bonds. The van der Waals surface area contributed by atoms with Crippen molar-refractivity contribution in [1.29, 1.82) is 0 Å². The molecule has 0 saturated carbocycles. The summed E-state index contributed by atoms with van der Waals surface area (Å²) in [6, 6.07) is 0. The van der Waals surface area contributed by atoms with Crippen LogP contribution in [0.25, 0.3) is 0 Å². The van der Waals surface area contributed by atoms with Crippen molar-refractivity contribution in [1.82, 2.24) is 9.97 Å². The summed E-state index contributed by atoms with van der Waals surface area (Å²) >= 11 is 0. The van der Waals surface area contributed by atoms with Crippen LogP contribution in [0.3, 0.4) is 0 Å². The van der Waals surface area contributed by atoms with Gasteiger partial charge in [-0.05, 0) is 37.5 Å². The zero-order valence-electron chi connectivity index (χ0n) is 15.0. The van der Waals surface area contributed by atoms with E-state index in [4.69, 9.17) is 9.47 Å². The van der Waals surface area contributed by atoms with Gasteiger partial charge >= 0.3 is 0 Å². The summed E-state index contributed by atoms with van der Waals surface area (Å²) in [5.74, 6) is 3.08. The van der Waals surface area contributed by atoms with E-state index < -0.39 is 0 Å². The van der Waals surface area contributed by atoms with Crippen LogP contribution in [0.2, 0.25) is 0 Å². The molecule has 2 fully saturated rings. The first kappa shape index (κ1) is 17.4. The van der Waals surface area contributed by atoms with E-state index in [9.17, 15) is 0 Å². The zero-order valence-corrected chi connectivity index (χ0v) is 15.0. The summed E-state index contributed by atoms with van der Waals surface area (Å²) in [7, 11) is 4.22. The third-order valence-electron chi connectivity index (χ3n) is 4.96. The highest BCUT2D eigenvalue weighted by atomic mass is 16.5. The summed E-state index contributed by atoms with van der Waals surface area (Å²) in [5.41, 5.74) is 0. The third kappa shape index (κ3) is 4.57. The number of nitrogens with zero attached hydrogens (tertiary/aromatic N) is 4. The second-order valence-electron chi connectivity index (χ2n) is 7.13. The first-order valence-corrected chi connectivity index (χ1v) is 9.13. The van der Waals surface area contributed by atoms with E-state index in [1.165, 1.54) is 12.8 Å². The van der Waals surface area contributed by atoms with Gasteiger partial charge in [-0.25, -0.2) is 9.97 Å². The summed E-state index contributed by atoms with van der Waals surface area (Å²) in [5, 5.41) is 0. The van der Waals surface area contributed by atoms with Crippen molar-refractivity contribution in [3.05, 3.63) is 12.4 Å². The number of hydrogen-bond acceptors (Lipinski definition) is 6. The topological polar surface area (TPSA) is 50.7 Å². The molecule has 0 bridgehead atoms. The van der Waals surface area contributed by atoms with Crippen LogP contribution in [0, 0.1) is 11.8 Å². The lowest BCUT2D eigenvalue weighted by molar-refractivity contribution is 0.0573. The normalized spacial score (nSPS) is 24.6. The Balaban J connectivity index is 1.64. The smallest absolute Gasteiger partial charge is 0.171 e. The quantitative estimate of drug-likeness (QED) is 0.795. The molecule has 1 aromatic rings. The number of hydrogen-bond donors (Lipinski definition) is 0. The fourth-order valence-corrected chi connectivity index (χ4v) is 3.71. The summed E-state index contributed by atoms with van der Waals surface area (Å²) in [4.78, 5) is 13.7. The summed E-state index contributed by atoms with van der Waals surface area (Å²) in [6.45, 7) is 5.45. The number of rotatable bonds is 6. The minimum Gasteiger partial charge on any atom is -0.381 e. The predicted molar refractivity (Wildman–Crippen MR) is 95.7 cm³/mol. The average molecular weight is 334 g/mol. The van der Waals surface area contributed by atoms with Crippen molar-refractivity contribution in [3.63, 3.8) is 0 Å². The summed E-state index contributed by atoms with van der Waals surface area (Å²) in [6.07, 6.45) is 8.35. The maximum Gasteiger partial charge on any atom is 0.171 e. The number of aromatic nitrogens is 2. The average Bonchev–Trinajstić information content (AvgIpc) is 2.63. The first-order chi connectivity index (χ1) is 11.7. The Morgan fingerprint density at radius 1 is 0.875 bits per heavy atom. The molecular formula is C18H30N4O2. The lowest BCUT2D eigenvalue weighted by Gasteiger charge is -2.32. The van der Waals surface area contributed by atoms with Gasteiger partial charge in [0.05, 0.1) is 13.2 Å². The Kier molecular flexibility index (Phi) is 6.26. The maximum atomic E-state index is 5.61. The van der Waals surface area contributed by atoms with Crippen molar-refractivity contribution < 1.29 is 9.47 Å². The van der Waals surface area contributed by atoms with Gasteiger partial charge in [0.25, 0.3) is 0 Å². The van der Waals surface area contributed by atoms with Gasteiger partial charge in [0, 0.05) is 52.8 Å². The Labute approximate surface area is 145 Å². The van der Waals surface area contributed by atoms with Crippen LogP contribution in [-0.2, 0) is 9.47 Å². The highest BCUT2D eigenvalue weighted by Crippen LogP contribution is 2.26. The van der Waals surface area contributed by atoms with Crippen LogP contribution >= 0.6 is 0 Å². The molecule has 3 rings (SSSR count). The molecule has 6 heteroatoms. The van der Waals surface area contributed by atoms with E-state index in [0.717, 1.165) is 64.0 Å². The van der Waals surface area contributed by atoms with Crippen molar-refractivity contribution in [2.45, 2.75) is 25.7 Å². The first-order valence-electron chi connectivity index (χ1n) is 9.13. The minimum atomic E-state index is 0.579. The second kappa shape index (κ2) is 8.62. The highest BCUT2D eigenvalue weighted by Gasteiger charge is 2.22. The molecule has 2 aliphatic rings. The molecule has 134 valence electrons. The van der Waals surface area contributed by atoms with Crippen LogP contribution in [0.5, 0.6) is 0 Å². The minimum absolute atomic E-state index is 0.579. The van der Waals surface area contributed by atoms with Gasteiger partial charge in [-0.2, -0.15) is 0 Å². The Bertz CT molecular complexity index is 457. The molecule has 2 unspecified atom stereocenters. The fourth-order valence-electron chi connectivity index (χ4n) is 3.71. The van der Waals surface area contributed by atoms with Crippen LogP contribution in [-0.4, -0.2) is 63.6 Å². The Hall–Kier alpha value is -1.40. The molecule has 1 aromatic heterocycles. The van der Waals surface area contributed by atoms with E-state index in [1.54, 1.807) is 12.4 Å². The fraction of sp³-hybridized carbons (Fsp3) is 0.778. The van der Waals surface area contributed by atoms with Crippen molar-refractivity contribution in [2.75, 3.05) is 63.4 Å². The lowest BCUT2D eigenvalue weighted by Crippen LogP contribution is -2.35. The monoisotopic (exact) mass is 334 g/mol. The van der Waals surface area contributed by atoms with Gasteiger partial charge in [0.1, 0.15) is 0 Å². The molecule has 2 atom stereocenters. The molecule has 0 aliphatic carbocycles. The molecule has 2 saturated heterocycles. The van der Waals surface area contributed by atoms with E-state index >= 15 is 0 Å². The Morgan fingerprint density at radius 2 is 1.33 bits per heavy atom. The van der Waals surface area contributed by atoms with Gasteiger partial charge in [0.2, 0.25) is 0 Å². The van der Waals surface area contributed by atoms with Crippen LogP contribution in [0.1, 0.15) is 25.7 Å². The molecule has 0 spiro atoms. The highest BCUT2D eigenvalue weighted by molar-refractivity contribution is 5.61. The van der Waals surface area contributed by atoms with E-state index in [-0.39, 0.29) is 0 Å². The van der Waals surface area contributed by atoms with Gasteiger partial charge in [0.15, 0.2) is 11.6 Å². The van der Waals surface area contributed by atoms with Gasteiger partial charge in [-0.3, -0.25) is 0 Å². The van der Waals surface area contributed by atoms with Crippen LogP contribution in [0.15, 0.2) is 12.4 Å². The summed E-state index contributed by atoms with van der Waals surface area (Å²) < 4.78 is 11.2. The van der Waals surface area contributed by atoms with Crippen molar-refractivity contribution in [2.24, 2.45) is 11.8 Å². The van der Waals surface area contributed by atoms with Gasteiger partial charge in [-0.1, -0.05) is 0 Å². The number of ether oxygens (including phenoxy) is 2. The molecule has 3 heterocycles. The van der Waals surface area contributed by atoms with E-state index in [1.807, 2.05) is 0 Å². The molecule has 0 radical (unpaired) electrons. The largest absolute Gasteiger partial charge is 0.381 e. The van der Waals surface area contributed by atoms with Gasteiger partial charge < -0.3 is 19.3 Å². The SMILES string of the molecule is CN(CC1CCCOC1)c1nccnc1N(C)CC1CCCOC1. The van der Waals surface area contributed by atoms with Crippen molar-refractivity contribution >= 4 is 11.6 Å². The molecule has 0 N–H and O–H groups in total. The van der Waals surface area contributed by atoms with E-state index in [2.05, 4.69) is 33.9 Å². The van der Waals surface area contributed by atoms with Gasteiger partial charge in [-0.15, -0.1) is 0 Å². The zero-order chi connectivity index (χ0) is 16.8. The maximum absolute atomic E-state index is 5.61. The number of anilines is 2. The predicted octanol–water partition coefficient (Wildman–Crippen LogP) is 2.20. The van der Waals surface area contributed by atoms with Crippen LogP contribution in [0.4, 0.5) is 11.6 Å². The third-order valence-corrected chi connectivity index (χ3v) is 4.96. The molecule has 2 aliphatic heterocycles. The second-order valence-corrected chi connectivity index (χ2v) is 7.13. The lowest BCUT2D eigenvalue weighted by atomic mass is 10.0. The Morgan fingerprint density at radius 3 is 1.71 bits per heavy atom. The molecule has 0 aromatic carbocycles. The van der Waals surface area contributed by atoms with Crippen molar-refractivity contribution in [3.8, 4) is 0 Å².